The van der Waals surface area contributed by atoms with E-state index in [0.717, 1.165) is 0 Å². The van der Waals surface area contributed by atoms with Crippen molar-refractivity contribution in [2.75, 3.05) is 26.3 Å². The van der Waals surface area contributed by atoms with Gasteiger partial charge < -0.3 is 15.4 Å². The van der Waals surface area contributed by atoms with Crippen LogP contribution in [0.4, 0.5) is 4.39 Å². The third-order valence-corrected chi connectivity index (χ3v) is 5.38. The minimum Gasteiger partial charge on any atom is -0.381 e. The van der Waals surface area contributed by atoms with Gasteiger partial charge in [0.15, 0.2) is 5.69 Å². The Hall–Kier alpha value is -2.74. The van der Waals surface area contributed by atoms with E-state index in [-0.39, 0.29) is 29.2 Å². The Labute approximate surface area is 149 Å². The molecule has 2 aromatic rings. The largest absolute Gasteiger partial charge is 0.381 e. The van der Waals surface area contributed by atoms with Crippen molar-refractivity contribution in [2.45, 2.75) is 6.42 Å². The van der Waals surface area contributed by atoms with E-state index >= 15 is 0 Å². The molecule has 4 rings (SSSR count). The van der Waals surface area contributed by atoms with E-state index in [2.05, 4.69) is 5.10 Å². The normalized spacial score (nSPS) is 25.1. The van der Waals surface area contributed by atoms with E-state index in [1.54, 1.807) is 29.3 Å². The Morgan fingerprint density at radius 3 is 2.73 bits per heavy atom. The van der Waals surface area contributed by atoms with Gasteiger partial charge in [-0.2, -0.15) is 5.10 Å². The molecule has 0 radical (unpaired) electrons. The molecule has 0 bridgehead atoms. The maximum atomic E-state index is 13.0. The monoisotopic (exact) mass is 358 g/mol. The van der Waals surface area contributed by atoms with Crippen molar-refractivity contribution in [3.8, 4) is 5.69 Å². The van der Waals surface area contributed by atoms with Crippen LogP contribution in [-0.4, -0.2) is 52.8 Å². The van der Waals surface area contributed by atoms with Crippen molar-refractivity contribution in [1.82, 2.24) is 14.7 Å². The molecule has 8 heteroatoms. The molecule has 2 aliphatic heterocycles. The summed E-state index contributed by atoms with van der Waals surface area (Å²) >= 11 is 0. The number of carbonyl (C=O) groups excluding carboxylic acids is 2. The molecule has 2 saturated heterocycles. The highest BCUT2D eigenvalue weighted by atomic mass is 19.1. The maximum Gasteiger partial charge on any atom is 0.274 e. The number of halogens is 1. The first kappa shape index (κ1) is 16.7. The summed E-state index contributed by atoms with van der Waals surface area (Å²) in [6, 6.07) is 7.45. The highest BCUT2D eigenvalue weighted by molar-refractivity contribution is 5.93. The molecule has 3 heterocycles. The fourth-order valence-corrected chi connectivity index (χ4v) is 3.84. The molecule has 0 spiro atoms. The van der Waals surface area contributed by atoms with Crippen LogP contribution < -0.4 is 5.73 Å². The van der Waals surface area contributed by atoms with E-state index in [1.807, 2.05) is 0 Å². The van der Waals surface area contributed by atoms with E-state index in [0.29, 0.717) is 38.4 Å². The summed E-state index contributed by atoms with van der Waals surface area (Å²) in [5.41, 5.74) is 5.87. The van der Waals surface area contributed by atoms with Gasteiger partial charge in [-0.25, -0.2) is 9.07 Å². The zero-order valence-corrected chi connectivity index (χ0v) is 14.1. The molecule has 1 aromatic carbocycles. The molecule has 136 valence electrons. The molecule has 1 aromatic heterocycles. The number of fused-ring (bicyclic) bond motifs is 1. The van der Waals surface area contributed by atoms with Crippen molar-refractivity contribution in [3.05, 3.63) is 48.0 Å². The van der Waals surface area contributed by atoms with Crippen LogP contribution in [0.2, 0.25) is 0 Å². The molecule has 2 fully saturated rings. The molecule has 7 nitrogen and oxygen atoms in total. The number of aromatic nitrogens is 2. The number of amides is 2. The second-order valence-electron chi connectivity index (χ2n) is 6.85. The summed E-state index contributed by atoms with van der Waals surface area (Å²) in [6.45, 7) is 1.61. The molecule has 0 aliphatic carbocycles. The Bertz CT molecular complexity index is 850. The van der Waals surface area contributed by atoms with Crippen LogP contribution in [-0.2, 0) is 9.53 Å². The van der Waals surface area contributed by atoms with Crippen LogP contribution in [0.25, 0.3) is 5.69 Å². The van der Waals surface area contributed by atoms with Crippen molar-refractivity contribution in [3.63, 3.8) is 0 Å². The fourth-order valence-electron chi connectivity index (χ4n) is 3.84. The topological polar surface area (TPSA) is 90.5 Å². The van der Waals surface area contributed by atoms with Gasteiger partial charge in [0.25, 0.3) is 5.91 Å². The number of likely N-dealkylation sites (tertiary alicyclic amines) is 1. The van der Waals surface area contributed by atoms with E-state index in [4.69, 9.17) is 10.5 Å². The van der Waals surface area contributed by atoms with Gasteiger partial charge in [0.2, 0.25) is 5.91 Å². The predicted octanol–water partition coefficient (Wildman–Crippen LogP) is 0.975. The summed E-state index contributed by atoms with van der Waals surface area (Å²) in [4.78, 5) is 26.5. The van der Waals surface area contributed by atoms with Crippen LogP contribution in [0, 0.1) is 17.2 Å². The number of nitrogens with zero attached hydrogens (tertiary/aromatic N) is 3. The number of hydrogen-bond donors (Lipinski definition) is 1. The van der Waals surface area contributed by atoms with E-state index in [9.17, 15) is 14.0 Å². The minimum absolute atomic E-state index is 0.0862. The molecule has 0 unspecified atom stereocenters. The number of primary amides is 1. The summed E-state index contributed by atoms with van der Waals surface area (Å²) in [5, 5.41) is 4.30. The number of carbonyl (C=O) groups is 2. The SMILES string of the molecule is NC(=O)[C@]12CCOC[C@H]1CN(C(=O)c1ccn(-c3ccc(F)cc3)n1)C2. The minimum atomic E-state index is -0.715. The molecule has 2 N–H and O–H groups in total. The van der Waals surface area contributed by atoms with Gasteiger partial charge in [0.1, 0.15) is 5.82 Å². The number of rotatable bonds is 3. The molecule has 2 atom stereocenters. The van der Waals surface area contributed by atoms with Crippen molar-refractivity contribution < 1.29 is 18.7 Å². The van der Waals surface area contributed by atoms with Gasteiger partial charge in [-0.15, -0.1) is 0 Å². The Kier molecular flexibility index (Phi) is 3.99. The van der Waals surface area contributed by atoms with Crippen LogP contribution in [0.1, 0.15) is 16.9 Å². The summed E-state index contributed by atoms with van der Waals surface area (Å²) in [5.74, 6) is -1.05. The lowest BCUT2D eigenvalue weighted by atomic mass is 9.74. The van der Waals surface area contributed by atoms with Crippen LogP contribution in [0.5, 0.6) is 0 Å². The fraction of sp³-hybridized carbons (Fsp3) is 0.389. The van der Waals surface area contributed by atoms with Crippen molar-refractivity contribution in [1.29, 1.82) is 0 Å². The first-order valence-corrected chi connectivity index (χ1v) is 8.48. The first-order valence-electron chi connectivity index (χ1n) is 8.48. The van der Waals surface area contributed by atoms with Gasteiger partial charge in [0.05, 0.1) is 17.7 Å². The van der Waals surface area contributed by atoms with E-state index < -0.39 is 5.41 Å². The first-order chi connectivity index (χ1) is 12.5. The summed E-state index contributed by atoms with van der Waals surface area (Å²) in [7, 11) is 0. The average molecular weight is 358 g/mol. The summed E-state index contributed by atoms with van der Waals surface area (Å²) < 4.78 is 20.0. The second-order valence-corrected chi connectivity index (χ2v) is 6.85. The third kappa shape index (κ3) is 2.66. The molecule has 26 heavy (non-hydrogen) atoms. The smallest absolute Gasteiger partial charge is 0.274 e. The third-order valence-electron chi connectivity index (χ3n) is 5.38. The van der Waals surface area contributed by atoms with Gasteiger partial charge in [-0.05, 0) is 36.8 Å². The maximum absolute atomic E-state index is 13.0. The quantitative estimate of drug-likeness (QED) is 0.885. The molecule has 2 aliphatic rings. The summed E-state index contributed by atoms with van der Waals surface area (Å²) in [6.07, 6.45) is 2.18. The predicted molar refractivity (Wildman–Crippen MR) is 90.0 cm³/mol. The molecular weight excluding hydrogens is 339 g/mol. The molecule has 2 amide bonds. The Morgan fingerprint density at radius 2 is 2.04 bits per heavy atom. The zero-order valence-electron chi connectivity index (χ0n) is 14.1. The lowest BCUT2D eigenvalue weighted by molar-refractivity contribution is -0.135. The van der Waals surface area contributed by atoms with Gasteiger partial charge in [0, 0.05) is 31.8 Å². The number of hydrogen-bond acceptors (Lipinski definition) is 4. The molecular formula is C18H19FN4O3. The number of benzene rings is 1. The van der Waals surface area contributed by atoms with E-state index in [1.165, 1.54) is 16.8 Å². The van der Waals surface area contributed by atoms with Crippen molar-refractivity contribution in [2.24, 2.45) is 17.1 Å². The Morgan fingerprint density at radius 1 is 1.27 bits per heavy atom. The van der Waals surface area contributed by atoms with Gasteiger partial charge in [-0.3, -0.25) is 9.59 Å². The van der Waals surface area contributed by atoms with Crippen molar-refractivity contribution >= 4 is 11.8 Å². The average Bonchev–Trinajstić information content (AvgIpc) is 3.27. The second kappa shape index (κ2) is 6.21. The molecule has 0 saturated carbocycles. The highest BCUT2D eigenvalue weighted by Gasteiger charge is 2.53. The number of ether oxygens (including phenoxy) is 1. The number of nitrogens with two attached hydrogens (primary N) is 1. The Balaban J connectivity index is 1.55. The lowest BCUT2D eigenvalue weighted by Gasteiger charge is -2.34. The zero-order chi connectivity index (χ0) is 18.3. The lowest BCUT2D eigenvalue weighted by Crippen LogP contribution is -2.48. The van der Waals surface area contributed by atoms with Crippen LogP contribution in [0.15, 0.2) is 36.5 Å². The van der Waals surface area contributed by atoms with Crippen LogP contribution in [0.3, 0.4) is 0 Å². The van der Waals surface area contributed by atoms with Gasteiger partial charge >= 0.3 is 0 Å². The highest BCUT2D eigenvalue weighted by Crippen LogP contribution is 2.42. The standard InChI is InChI=1S/C18H19FN4O3/c19-13-1-3-14(4-2-13)23-7-5-15(21-23)16(24)22-9-12-10-26-8-6-18(12,11-22)17(20)25/h1-5,7,12H,6,8-11H2,(H2,20,25)/t12-,18+/m1/s1. The van der Waals surface area contributed by atoms with Gasteiger partial charge in [-0.1, -0.05) is 0 Å². The van der Waals surface area contributed by atoms with Crippen LogP contribution >= 0.6 is 0 Å².